The number of halogens is 2. The molecule has 0 unspecified atom stereocenters. The van der Waals surface area contributed by atoms with E-state index in [2.05, 4.69) is 5.32 Å². The summed E-state index contributed by atoms with van der Waals surface area (Å²) in [7, 11) is 1.62. The first kappa shape index (κ1) is 14.4. The summed E-state index contributed by atoms with van der Waals surface area (Å²) in [6.45, 7) is -2.00. The zero-order chi connectivity index (χ0) is 14.8. The molecule has 0 radical (unpaired) electrons. The zero-order valence-corrected chi connectivity index (χ0v) is 11.6. The molecule has 1 aliphatic heterocycles. The highest BCUT2D eigenvalue weighted by Crippen LogP contribution is 2.37. The first-order valence-electron chi connectivity index (χ1n) is 5.89. The van der Waals surface area contributed by atoms with E-state index in [1.807, 2.05) is 6.07 Å². The maximum absolute atomic E-state index is 13.2. The van der Waals surface area contributed by atoms with Gasteiger partial charge in [0.2, 0.25) is 0 Å². The van der Waals surface area contributed by atoms with E-state index in [0.29, 0.717) is 27.4 Å². The van der Waals surface area contributed by atoms with Crippen LogP contribution in [-0.2, 0) is 0 Å². The fraction of sp³-hybridized carbons (Fsp3) is 0.286. The fourth-order valence-electron chi connectivity index (χ4n) is 1.98. The van der Waals surface area contributed by atoms with E-state index in [4.69, 9.17) is 22.2 Å². The molecule has 0 atom stereocenters. The third-order valence-electron chi connectivity index (χ3n) is 3.04. The van der Waals surface area contributed by atoms with Crippen LogP contribution in [0.1, 0.15) is 11.1 Å². The Morgan fingerprint density at radius 1 is 1.45 bits per heavy atom. The summed E-state index contributed by atoms with van der Waals surface area (Å²) in [6, 6.07) is 6.66. The summed E-state index contributed by atoms with van der Waals surface area (Å²) in [5.74, 6) is 0.314. The van der Waals surface area contributed by atoms with Crippen molar-refractivity contribution in [2.75, 3.05) is 20.4 Å². The highest BCUT2D eigenvalue weighted by molar-refractivity contribution is 7.81. The number of nitrogens with one attached hydrogen (secondary N) is 1. The molecule has 2 rings (SSSR count). The summed E-state index contributed by atoms with van der Waals surface area (Å²) in [6.07, 6.45) is 1.34. The Hall–Kier alpha value is -2.00. The number of benzene rings is 1. The van der Waals surface area contributed by atoms with E-state index in [9.17, 15) is 8.78 Å². The van der Waals surface area contributed by atoms with E-state index in [0.717, 1.165) is 0 Å². The van der Waals surface area contributed by atoms with Gasteiger partial charge in [0.1, 0.15) is 24.1 Å². The Morgan fingerprint density at radius 3 is 2.70 bits per heavy atom. The second kappa shape index (κ2) is 5.55. The lowest BCUT2D eigenvalue weighted by Crippen LogP contribution is -2.42. The molecule has 6 heteroatoms. The molecule has 1 heterocycles. The molecule has 1 aliphatic rings. The third-order valence-corrected chi connectivity index (χ3v) is 3.47. The predicted molar refractivity (Wildman–Crippen MR) is 76.1 cm³/mol. The van der Waals surface area contributed by atoms with Gasteiger partial charge in [0.25, 0.3) is 0 Å². The molecular formula is C14H12F2N2OS. The maximum atomic E-state index is 13.2. The lowest BCUT2D eigenvalue weighted by atomic mass is 9.92. The average Bonchev–Trinajstić information content (AvgIpc) is 2.52. The Bertz CT molecular complexity index is 618. The van der Waals surface area contributed by atoms with Gasteiger partial charge >= 0.3 is 0 Å². The Kier molecular flexibility index (Phi) is 4.00. The highest BCUT2D eigenvalue weighted by Gasteiger charge is 2.37. The van der Waals surface area contributed by atoms with Crippen LogP contribution in [0.5, 0.6) is 5.75 Å². The van der Waals surface area contributed by atoms with Crippen LogP contribution in [0, 0.1) is 11.3 Å². The second-order valence-corrected chi connectivity index (χ2v) is 4.80. The minimum absolute atomic E-state index is 0.314. The van der Waals surface area contributed by atoms with E-state index in [-0.39, 0.29) is 0 Å². The number of likely N-dealkylation sites (N-methyl/N-ethyl adjacent to an activating group) is 1. The van der Waals surface area contributed by atoms with E-state index in [1.54, 1.807) is 13.1 Å². The normalized spacial score (nSPS) is 15.4. The zero-order valence-electron chi connectivity index (χ0n) is 10.7. The minimum Gasteiger partial charge on any atom is -0.477 e. The van der Waals surface area contributed by atoms with Gasteiger partial charge in [0, 0.05) is 18.2 Å². The van der Waals surface area contributed by atoms with Crippen LogP contribution in [0.4, 0.5) is 8.78 Å². The van der Waals surface area contributed by atoms with Crippen LogP contribution >= 0.6 is 12.2 Å². The lowest BCUT2D eigenvalue weighted by molar-refractivity contribution is 0.0595. The van der Waals surface area contributed by atoms with Gasteiger partial charge in [0.05, 0.1) is 11.6 Å². The molecule has 3 nitrogen and oxygen atoms in total. The second-order valence-electron chi connectivity index (χ2n) is 4.39. The molecule has 0 saturated carbocycles. The van der Waals surface area contributed by atoms with Crippen molar-refractivity contribution in [2.45, 2.75) is 5.60 Å². The van der Waals surface area contributed by atoms with E-state index in [1.165, 1.54) is 18.2 Å². The maximum Gasteiger partial charge on any atom is 0.184 e. The minimum atomic E-state index is -1.66. The molecule has 1 aromatic carbocycles. The van der Waals surface area contributed by atoms with Gasteiger partial charge in [-0.1, -0.05) is 12.2 Å². The monoisotopic (exact) mass is 294 g/mol. The summed E-state index contributed by atoms with van der Waals surface area (Å²) < 4.78 is 31.8. The van der Waals surface area contributed by atoms with Gasteiger partial charge in [-0.2, -0.15) is 5.26 Å². The van der Waals surface area contributed by atoms with Crippen LogP contribution in [0.2, 0.25) is 0 Å². The van der Waals surface area contributed by atoms with Crippen LogP contribution in [0.25, 0.3) is 5.57 Å². The molecule has 0 spiro atoms. The topological polar surface area (TPSA) is 45.0 Å². The van der Waals surface area contributed by atoms with Crippen molar-refractivity contribution in [3.63, 3.8) is 0 Å². The molecule has 1 aromatic rings. The molecule has 0 aliphatic carbocycles. The largest absolute Gasteiger partial charge is 0.477 e. The van der Waals surface area contributed by atoms with Crippen LogP contribution in [0.15, 0.2) is 24.3 Å². The van der Waals surface area contributed by atoms with Crippen molar-refractivity contribution in [1.29, 1.82) is 5.26 Å². The van der Waals surface area contributed by atoms with Crippen LogP contribution in [-0.4, -0.2) is 31.0 Å². The number of nitrogens with zero attached hydrogens (tertiary/aromatic N) is 1. The molecule has 20 heavy (non-hydrogen) atoms. The Labute approximate surface area is 120 Å². The molecule has 0 saturated heterocycles. The molecular weight excluding hydrogens is 282 g/mol. The molecule has 0 bridgehead atoms. The molecule has 0 fully saturated rings. The summed E-state index contributed by atoms with van der Waals surface area (Å²) in [4.78, 5) is 0.343. The summed E-state index contributed by atoms with van der Waals surface area (Å²) in [5.41, 5.74) is -0.209. The molecule has 0 amide bonds. The smallest absolute Gasteiger partial charge is 0.184 e. The third kappa shape index (κ3) is 2.37. The van der Waals surface area contributed by atoms with Gasteiger partial charge in [-0.05, 0) is 24.3 Å². The highest BCUT2D eigenvalue weighted by atomic mass is 32.1. The number of thiocarbonyl (C=S) groups is 1. The van der Waals surface area contributed by atoms with Crippen molar-refractivity contribution < 1.29 is 13.5 Å². The van der Waals surface area contributed by atoms with E-state index >= 15 is 0 Å². The van der Waals surface area contributed by atoms with Gasteiger partial charge < -0.3 is 10.1 Å². The molecule has 104 valence electrons. The first-order chi connectivity index (χ1) is 9.59. The van der Waals surface area contributed by atoms with Crippen LogP contribution < -0.4 is 10.1 Å². The summed E-state index contributed by atoms with van der Waals surface area (Å²) in [5, 5.41) is 11.7. The average molecular weight is 294 g/mol. The van der Waals surface area contributed by atoms with Gasteiger partial charge in [0.15, 0.2) is 5.60 Å². The number of fused-ring (bicyclic) bond motifs is 1. The van der Waals surface area contributed by atoms with E-state index < -0.39 is 19.0 Å². The number of hydrogen-bond acceptors (Lipinski definition) is 3. The SMILES string of the molecule is CNC(=S)C1=CC(CF)(CF)Oc2ccc(C#N)cc21. The van der Waals surface area contributed by atoms with Crippen molar-refractivity contribution in [3.05, 3.63) is 35.4 Å². The number of nitriles is 1. The van der Waals surface area contributed by atoms with Crippen molar-refractivity contribution >= 4 is 22.8 Å². The Morgan fingerprint density at radius 2 is 2.15 bits per heavy atom. The number of rotatable bonds is 3. The standard InChI is InChI=1S/C14H12F2N2OS/c1-18-13(20)11-5-14(7-15,8-16)19-12-3-2-9(6-17)4-10(11)12/h2-5H,7-8H2,1H3,(H,18,20). The van der Waals surface area contributed by atoms with Gasteiger partial charge in [-0.25, -0.2) is 8.78 Å². The first-order valence-corrected chi connectivity index (χ1v) is 6.30. The van der Waals surface area contributed by atoms with Crippen molar-refractivity contribution in [2.24, 2.45) is 0 Å². The number of alkyl halides is 2. The lowest BCUT2D eigenvalue weighted by Gasteiger charge is -2.33. The Balaban J connectivity index is 2.62. The van der Waals surface area contributed by atoms with Gasteiger partial charge in [-0.3, -0.25) is 0 Å². The fourth-order valence-corrected chi connectivity index (χ4v) is 2.15. The van der Waals surface area contributed by atoms with Crippen molar-refractivity contribution in [3.8, 4) is 11.8 Å². The number of ether oxygens (including phenoxy) is 1. The number of hydrogen-bond donors (Lipinski definition) is 1. The summed E-state index contributed by atoms with van der Waals surface area (Å²) >= 11 is 5.17. The quantitative estimate of drug-likeness (QED) is 0.870. The van der Waals surface area contributed by atoms with Crippen molar-refractivity contribution in [1.82, 2.24) is 5.32 Å². The predicted octanol–water partition coefficient (Wildman–Crippen LogP) is 2.56. The molecule has 0 aromatic heterocycles. The molecule has 1 N–H and O–H groups in total. The van der Waals surface area contributed by atoms with Gasteiger partial charge in [-0.15, -0.1) is 0 Å². The van der Waals surface area contributed by atoms with Crippen LogP contribution in [0.3, 0.4) is 0 Å².